The fourth-order valence-corrected chi connectivity index (χ4v) is 3.97. The van der Waals surface area contributed by atoms with E-state index in [4.69, 9.17) is 15.5 Å². The molecule has 29 heavy (non-hydrogen) atoms. The maximum atomic E-state index is 9.66. The molecule has 5 heterocycles. The third-order valence-electron chi connectivity index (χ3n) is 5.68. The highest BCUT2D eigenvalue weighted by molar-refractivity contribution is 5.76. The Labute approximate surface area is 167 Å². The highest BCUT2D eigenvalue weighted by Gasteiger charge is 2.44. The summed E-state index contributed by atoms with van der Waals surface area (Å²) in [5.74, 6) is 1.41. The Hall–Kier alpha value is -3.51. The number of nitriles is 1. The molecule has 0 bridgehead atoms. The quantitative estimate of drug-likeness (QED) is 0.721. The van der Waals surface area contributed by atoms with Gasteiger partial charge in [-0.15, -0.1) is 0 Å². The predicted molar refractivity (Wildman–Crippen MR) is 107 cm³/mol. The van der Waals surface area contributed by atoms with Crippen molar-refractivity contribution in [1.29, 1.82) is 5.26 Å². The number of rotatable bonds is 3. The van der Waals surface area contributed by atoms with Gasteiger partial charge in [0.25, 0.3) is 0 Å². The molecule has 0 aliphatic carbocycles. The van der Waals surface area contributed by atoms with E-state index in [1.165, 1.54) is 0 Å². The first-order chi connectivity index (χ1) is 14.1. The van der Waals surface area contributed by atoms with Gasteiger partial charge in [-0.25, -0.2) is 15.0 Å². The largest absolute Gasteiger partial charge is 0.398 e. The van der Waals surface area contributed by atoms with Gasteiger partial charge in [-0.1, -0.05) is 0 Å². The molecule has 2 aliphatic heterocycles. The van der Waals surface area contributed by atoms with E-state index >= 15 is 0 Å². The van der Waals surface area contributed by atoms with Crippen molar-refractivity contribution in [3.05, 3.63) is 36.4 Å². The van der Waals surface area contributed by atoms with Crippen molar-refractivity contribution in [3.63, 3.8) is 0 Å². The van der Waals surface area contributed by atoms with E-state index in [0.717, 1.165) is 38.4 Å². The Kier molecular flexibility index (Phi) is 3.96. The van der Waals surface area contributed by atoms with Crippen LogP contribution < -0.4 is 10.6 Å². The lowest BCUT2D eigenvalue weighted by Gasteiger charge is -2.38. The first-order valence-corrected chi connectivity index (χ1v) is 9.48. The monoisotopic (exact) mass is 388 g/mol. The van der Waals surface area contributed by atoms with Crippen LogP contribution in [0.2, 0.25) is 0 Å². The van der Waals surface area contributed by atoms with Gasteiger partial charge >= 0.3 is 0 Å². The van der Waals surface area contributed by atoms with Gasteiger partial charge in [-0.05, 0) is 12.5 Å². The molecule has 146 valence electrons. The highest BCUT2D eigenvalue weighted by atomic mass is 16.5. The molecule has 1 spiro atoms. The van der Waals surface area contributed by atoms with Crippen LogP contribution in [-0.4, -0.2) is 49.8 Å². The van der Waals surface area contributed by atoms with Gasteiger partial charge in [0, 0.05) is 39.0 Å². The van der Waals surface area contributed by atoms with Crippen molar-refractivity contribution in [2.24, 2.45) is 7.05 Å². The molecule has 2 saturated heterocycles. The van der Waals surface area contributed by atoms with Crippen LogP contribution in [0.25, 0.3) is 22.9 Å². The van der Waals surface area contributed by atoms with E-state index in [-0.39, 0.29) is 11.2 Å². The summed E-state index contributed by atoms with van der Waals surface area (Å²) in [5.41, 5.74) is 8.27. The van der Waals surface area contributed by atoms with Crippen molar-refractivity contribution in [1.82, 2.24) is 24.5 Å². The van der Waals surface area contributed by atoms with Crippen molar-refractivity contribution >= 4 is 11.5 Å². The summed E-state index contributed by atoms with van der Waals surface area (Å²) in [4.78, 5) is 20.3. The average molecular weight is 388 g/mol. The molecule has 1 atom stereocenters. The molecular weight excluding hydrogens is 368 g/mol. The molecule has 1 unspecified atom stereocenters. The summed E-state index contributed by atoms with van der Waals surface area (Å²) in [7, 11) is 1.88. The second-order valence-corrected chi connectivity index (χ2v) is 7.51. The molecule has 2 fully saturated rings. The summed E-state index contributed by atoms with van der Waals surface area (Å²) in [5, 5.41) is 9.66. The molecule has 0 radical (unpaired) electrons. The zero-order chi connectivity index (χ0) is 20.0. The number of hydrogen-bond donors (Lipinski definition) is 1. The Morgan fingerprint density at radius 2 is 2.10 bits per heavy atom. The average Bonchev–Trinajstić information content (AvgIpc) is 3.34. The number of aryl methyl sites for hydroxylation is 1. The van der Waals surface area contributed by atoms with Crippen LogP contribution in [0.4, 0.5) is 11.5 Å². The smallest absolute Gasteiger partial charge is 0.158 e. The number of nitrogens with two attached hydrogens (primary N) is 1. The van der Waals surface area contributed by atoms with Crippen LogP contribution >= 0.6 is 0 Å². The fraction of sp³-hybridized carbons (Fsp3) is 0.350. The van der Waals surface area contributed by atoms with Crippen LogP contribution in [0.1, 0.15) is 18.4 Å². The Bertz CT molecular complexity index is 1130. The number of nitrogen functional groups attached to an aromatic ring is 1. The Morgan fingerprint density at radius 3 is 2.76 bits per heavy atom. The van der Waals surface area contributed by atoms with Crippen LogP contribution in [0.3, 0.4) is 0 Å². The second kappa shape index (κ2) is 6.53. The van der Waals surface area contributed by atoms with E-state index < -0.39 is 0 Å². The lowest BCUT2D eigenvalue weighted by Crippen LogP contribution is -2.46. The first kappa shape index (κ1) is 17.6. The van der Waals surface area contributed by atoms with Gasteiger partial charge in [0.1, 0.15) is 34.5 Å². The zero-order valence-electron chi connectivity index (χ0n) is 16.0. The molecule has 9 nitrogen and oxygen atoms in total. The molecule has 3 aromatic rings. The summed E-state index contributed by atoms with van der Waals surface area (Å²) in [6.45, 7) is 2.50. The van der Waals surface area contributed by atoms with Gasteiger partial charge in [0.2, 0.25) is 0 Å². The summed E-state index contributed by atoms with van der Waals surface area (Å²) in [6, 6.07) is 3.82. The van der Waals surface area contributed by atoms with Crippen molar-refractivity contribution in [2.75, 3.05) is 30.3 Å². The van der Waals surface area contributed by atoms with Gasteiger partial charge < -0.3 is 19.9 Å². The standard InChI is InChI=1S/C20H20N8O/c1-27-6-4-24-19(27)15-8-14(22)13(9-21)18(26-15)16-10-23-11-17(25-16)28-5-2-20(12-28)3-7-29-20/h4,6,8,10-11H,2-3,5,7,12H2,1H3,(H2,22,26). The van der Waals surface area contributed by atoms with E-state index in [2.05, 4.69) is 25.9 Å². The van der Waals surface area contributed by atoms with Crippen molar-refractivity contribution in [2.45, 2.75) is 18.4 Å². The molecule has 0 saturated carbocycles. The van der Waals surface area contributed by atoms with Crippen LogP contribution in [-0.2, 0) is 11.8 Å². The normalized spacial score (nSPS) is 20.6. The Balaban J connectivity index is 1.56. The van der Waals surface area contributed by atoms with E-state index in [1.54, 1.807) is 24.7 Å². The summed E-state index contributed by atoms with van der Waals surface area (Å²) < 4.78 is 7.64. The SMILES string of the molecule is Cn1ccnc1-c1cc(N)c(C#N)c(-c2cncc(N3CCC4(CCO4)C3)n2)n1. The topological polar surface area (TPSA) is 119 Å². The van der Waals surface area contributed by atoms with Gasteiger partial charge in [-0.3, -0.25) is 4.98 Å². The lowest BCUT2D eigenvalue weighted by atomic mass is 9.94. The molecule has 2 N–H and O–H groups in total. The molecule has 2 aliphatic rings. The minimum atomic E-state index is -0.0315. The number of nitrogens with zero attached hydrogens (tertiary/aromatic N) is 7. The number of aromatic nitrogens is 5. The Morgan fingerprint density at radius 1 is 1.24 bits per heavy atom. The van der Waals surface area contributed by atoms with Crippen LogP contribution in [0, 0.1) is 11.3 Å². The van der Waals surface area contributed by atoms with Gasteiger partial charge in [0.05, 0.1) is 30.3 Å². The number of imidazole rings is 1. The predicted octanol–water partition coefficient (Wildman–Crippen LogP) is 1.76. The maximum Gasteiger partial charge on any atom is 0.158 e. The van der Waals surface area contributed by atoms with Crippen LogP contribution in [0.5, 0.6) is 0 Å². The minimum Gasteiger partial charge on any atom is -0.398 e. The number of anilines is 2. The molecular formula is C20H20N8O. The first-order valence-electron chi connectivity index (χ1n) is 9.48. The molecule has 0 aromatic carbocycles. The lowest BCUT2D eigenvalue weighted by molar-refractivity contribution is -0.130. The number of hydrogen-bond acceptors (Lipinski definition) is 8. The number of pyridine rings is 1. The molecule has 5 rings (SSSR count). The maximum absolute atomic E-state index is 9.66. The van der Waals surface area contributed by atoms with E-state index in [9.17, 15) is 5.26 Å². The highest BCUT2D eigenvalue weighted by Crippen LogP contribution is 2.37. The number of ether oxygens (including phenoxy) is 1. The molecule has 9 heteroatoms. The fourth-order valence-electron chi connectivity index (χ4n) is 3.97. The zero-order valence-corrected chi connectivity index (χ0v) is 16.0. The van der Waals surface area contributed by atoms with Crippen molar-refractivity contribution in [3.8, 4) is 29.0 Å². The van der Waals surface area contributed by atoms with Gasteiger partial charge in [0.15, 0.2) is 5.82 Å². The van der Waals surface area contributed by atoms with E-state index in [1.807, 2.05) is 17.8 Å². The van der Waals surface area contributed by atoms with E-state index in [0.29, 0.717) is 28.6 Å². The third-order valence-corrected chi connectivity index (χ3v) is 5.68. The second-order valence-electron chi connectivity index (χ2n) is 7.51. The third kappa shape index (κ3) is 2.89. The van der Waals surface area contributed by atoms with Gasteiger partial charge in [-0.2, -0.15) is 5.26 Å². The molecule has 3 aromatic heterocycles. The molecule has 0 amide bonds. The van der Waals surface area contributed by atoms with Crippen LogP contribution in [0.15, 0.2) is 30.9 Å². The summed E-state index contributed by atoms with van der Waals surface area (Å²) >= 11 is 0. The van der Waals surface area contributed by atoms with Crippen molar-refractivity contribution < 1.29 is 4.74 Å². The summed E-state index contributed by atoms with van der Waals surface area (Å²) in [6.07, 6.45) is 8.94. The minimum absolute atomic E-state index is 0.0315.